The number of hydrogen-bond donors (Lipinski definition) is 1. The van der Waals surface area contributed by atoms with Gasteiger partial charge in [-0.25, -0.2) is 0 Å². The SMILES string of the molecule is CC(C)(C)NC(=O)C(Cc1ccccc1)N(Cc1ccccc1)C(=O)CSCc1ccc([N+](=O)[O-])cc1. The van der Waals surface area contributed by atoms with Gasteiger partial charge in [0.25, 0.3) is 5.69 Å². The number of carbonyl (C=O) groups is 2. The Bertz CT molecular complexity index is 1180. The number of thioether (sulfide) groups is 1. The Labute approximate surface area is 222 Å². The molecule has 3 aromatic carbocycles. The van der Waals surface area contributed by atoms with E-state index in [1.807, 2.05) is 81.4 Å². The fourth-order valence-electron chi connectivity index (χ4n) is 3.84. The number of rotatable bonds is 11. The molecule has 0 aliphatic rings. The van der Waals surface area contributed by atoms with Gasteiger partial charge in [0, 0.05) is 36.4 Å². The van der Waals surface area contributed by atoms with Crippen molar-refractivity contribution in [2.24, 2.45) is 0 Å². The average molecular weight is 520 g/mol. The van der Waals surface area contributed by atoms with Crippen molar-refractivity contribution in [3.63, 3.8) is 0 Å². The lowest BCUT2D eigenvalue weighted by Crippen LogP contribution is -2.54. The zero-order valence-corrected chi connectivity index (χ0v) is 22.2. The number of nitro groups is 1. The van der Waals surface area contributed by atoms with Gasteiger partial charge in [-0.3, -0.25) is 19.7 Å². The van der Waals surface area contributed by atoms with Gasteiger partial charge in [-0.15, -0.1) is 11.8 Å². The Morgan fingerprint density at radius 3 is 2.00 bits per heavy atom. The quantitative estimate of drug-likeness (QED) is 0.271. The van der Waals surface area contributed by atoms with E-state index >= 15 is 0 Å². The van der Waals surface area contributed by atoms with Gasteiger partial charge >= 0.3 is 0 Å². The van der Waals surface area contributed by atoms with Crippen LogP contribution in [-0.4, -0.2) is 39.0 Å². The van der Waals surface area contributed by atoms with E-state index < -0.39 is 16.5 Å². The highest BCUT2D eigenvalue weighted by Gasteiger charge is 2.32. The normalized spacial score (nSPS) is 12.0. The Morgan fingerprint density at radius 2 is 1.46 bits per heavy atom. The smallest absolute Gasteiger partial charge is 0.269 e. The van der Waals surface area contributed by atoms with Crippen molar-refractivity contribution in [1.29, 1.82) is 0 Å². The minimum Gasteiger partial charge on any atom is -0.350 e. The maximum Gasteiger partial charge on any atom is 0.269 e. The summed E-state index contributed by atoms with van der Waals surface area (Å²) in [5, 5.41) is 14.0. The van der Waals surface area contributed by atoms with Crippen molar-refractivity contribution >= 4 is 29.3 Å². The first-order valence-electron chi connectivity index (χ1n) is 12.1. The molecule has 1 atom stereocenters. The molecule has 8 heteroatoms. The summed E-state index contributed by atoms with van der Waals surface area (Å²) in [4.78, 5) is 39.3. The molecule has 0 aromatic heterocycles. The Morgan fingerprint density at radius 1 is 0.892 bits per heavy atom. The summed E-state index contributed by atoms with van der Waals surface area (Å²) >= 11 is 1.42. The predicted octanol–water partition coefficient (Wildman–Crippen LogP) is 5.38. The first kappa shape index (κ1) is 27.9. The summed E-state index contributed by atoms with van der Waals surface area (Å²) in [5.41, 5.74) is 2.40. The van der Waals surface area contributed by atoms with Crippen LogP contribution >= 0.6 is 11.8 Å². The zero-order valence-electron chi connectivity index (χ0n) is 21.4. The third-order valence-electron chi connectivity index (χ3n) is 5.61. The molecule has 0 bridgehead atoms. The van der Waals surface area contributed by atoms with Gasteiger partial charge < -0.3 is 10.2 Å². The van der Waals surface area contributed by atoms with E-state index in [1.54, 1.807) is 17.0 Å². The first-order valence-corrected chi connectivity index (χ1v) is 13.3. The summed E-state index contributed by atoms with van der Waals surface area (Å²) < 4.78 is 0. The summed E-state index contributed by atoms with van der Waals surface area (Å²) in [7, 11) is 0. The number of benzene rings is 3. The Hall–Kier alpha value is -3.65. The molecule has 0 aliphatic heterocycles. The van der Waals surface area contributed by atoms with E-state index in [-0.39, 0.29) is 23.3 Å². The molecule has 3 rings (SSSR count). The second kappa shape index (κ2) is 13.1. The van der Waals surface area contributed by atoms with Gasteiger partial charge in [0.2, 0.25) is 11.8 Å². The lowest BCUT2D eigenvalue weighted by Gasteiger charge is -2.34. The van der Waals surface area contributed by atoms with E-state index in [0.29, 0.717) is 18.7 Å². The first-order chi connectivity index (χ1) is 17.6. The average Bonchev–Trinajstić information content (AvgIpc) is 2.86. The van der Waals surface area contributed by atoms with Crippen LogP contribution in [0.5, 0.6) is 0 Å². The third kappa shape index (κ3) is 9.06. The molecule has 0 saturated heterocycles. The molecular weight excluding hydrogens is 486 g/mol. The minimum atomic E-state index is -0.686. The molecule has 0 saturated carbocycles. The summed E-state index contributed by atoms with van der Waals surface area (Å²) in [6, 6.07) is 25.0. The molecule has 0 fully saturated rings. The molecule has 194 valence electrons. The molecule has 1 N–H and O–H groups in total. The second-order valence-corrected chi connectivity index (χ2v) is 10.9. The Kier molecular flexibility index (Phi) is 9.85. The maximum atomic E-state index is 13.6. The van der Waals surface area contributed by atoms with Crippen LogP contribution in [0.2, 0.25) is 0 Å². The lowest BCUT2D eigenvalue weighted by atomic mass is 10.0. The van der Waals surface area contributed by atoms with Crippen LogP contribution in [0.15, 0.2) is 84.9 Å². The number of carbonyl (C=O) groups excluding carboxylic acids is 2. The van der Waals surface area contributed by atoms with Gasteiger partial charge in [-0.1, -0.05) is 72.8 Å². The molecule has 2 amide bonds. The van der Waals surface area contributed by atoms with E-state index in [2.05, 4.69) is 5.32 Å². The number of nitrogens with one attached hydrogen (secondary N) is 1. The van der Waals surface area contributed by atoms with Crippen LogP contribution in [0.25, 0.3) is 0 Å². The summed E-state index contributed by atoms with van der Waals surface area (Å²) in [6.07, 6.45) is 0.397. The highest BCUT2D eigenvalue weighted by molar-refractivity contribution is 7.99. The van der Waals surface area contributed by atoms with Crippen LogP contribution in [0, 0.1) is 10.1 Å². The van der Waals surface area contributed by atoms with Crippen molar-refractivity contribution in [2.45, 2.75) is 51.1 Å². The minimum absolute atomic E-state index is 0.0347. The third-order valence-corrected chi connectivity index (χ3v) is 6.59. The molecule has 37 heavy (non-hydrogen) atoms. The molecule has 1 unspecified atom stereocenters. The molecule has 0 heterocycles. The zero-order chi connectivity index (χ0) is 26.8. The highest BCUT2D eigenvalue weighted by Crippen LogP contribution is 2.20. The predicted molar refractivity (Wildman–Crippen MR) is 148 cm³/mol. The van der Waals surface area contributed by atoms with Crippen LogP contribution in [0.4, 0.5) is 5.69 Å². The fraction of sp³-hybridized carbons (Fsp3) is 0.310. The van der Waals surface area contributed by atoms with Crippen LogP contribution in [0.1, 0.15) is 37.5 Å². The van der Waals surface area contributed by atoms with E-state index in [9.17, 15) is 19.7 Å². The van der Waals surface area contributed by atoms with E-state index in [0.717, 1.165) is 16.7 Å². The van der Waals surface area contributed by atoms with Gasteiger partial charge in [-0.05, 0) is 37.5 Å². The molecule has 0 aliphatic carbocycles. The molecule has 7 nitrogen and oxygen atoms in total. The summed E-state index contributed by atoms with van der Waals surface area (Å²) in [6.45, 7) is 6.09. The van der Waals surface area contributed by atoms with Crippen LogP contribution in [0.3, 0.4) is 0 Å². The van der Waals surface area contributed by atoms with Crippen molar-refractivity contribution < 1.29 is 14.5 Å². The van der Waals surface area contributed by atoms with Gasteiger partial charge in [-0.2, -0.15) is 0 Å². The molecule has 3 aromatic rings. The van der Waals surface area contributed by atoms with Crippen molar-refractivity contribution in [3.8, 4) is 0 Å². The number of nitro benzene ring substituents is 1. The van der Waals surface area contributed by atoms with E-state index in [1.165, 1.54) is 23.9 Å². The monoisotopic (exact) mass is 519 g/mol. The standard InChI is InChI=1S/C29H33N3O4S/c1-29(2,3)30-28(34)26(18-22-10-6-4-7-11-22)31(19-23-12-8-5-9-13-23)27(33)21-37-20-24-14-16-25(17-15-24)32(35)36/h4-17,26H,18-21H2,1-3H3,(H,30,34). The van der Waals surface area contributed by atoms with Gasteiger partial charge in [0.05, 0.1) is 10.7 Å². The molecule has 0 radical (unpaired) electrons. The number of nitrogens with zero attached hydrogens (tertiary/aromatic N) is 2. The van der Waals surface area contributed by atoms with Crippen LogP contribution in [-0.2, 0) is 28.3 Å². The summed E-state index contributed by atoms with van der Waals surface area (Å²) in [5.74, 6) is 0.375. The Balaban J connectivity index is 1.81. The van der Waals surface area contributed by atoms with Crippen molar-refractivity contribution in [1.82, 2.24) is 10.2 Å². The number of amides is 2. The van der Waals surface area contributed by atoms with Crippen molar-refractivity contribution in [2.75, 3.05) is 5.75 Å². The fourth-order valence-corrected chi connectivity index (χ4v) is 4.71. The highest BCUT2D eigenvalue weighted by atomic mass is 32.2. The lowest BCUT2D eigenvalue weighted by molar-refractivity contribution is -0.384. The van der Waals surface area contributed by atoms with E-state index in [4.69, 9.17) is 0 Å². The van der Waals surface area contributed by atoms with Crippen molar-refractivity contribution in [3.05, 3.63) is 112 Å². The molecule has 0 spiro atoms. The number of non-ortho nitro benzene ring substituents is 1. The van der Waals surface area contributed by atoms with Gasteiger partial charge in [0.1, 0.15) is 6.04 Å². The van der Waals surface area contributed by atoms with Crippen LogP contribution < -0.4 is 5.32 Å². The molecular formula is C29H33N3O4S. The maximum absolute atomic E-state index is 13.6. The number of hydrogen-bond acceptors (Lipinski definition) is 5. The largest absolute Gasteiger partial charge is 0.350 e. The van der Waals surface area contributed by atoms with Gasteiger partial charge in [0.15, 0.2) is 0 Å². The topological polar surface area (TPSA) is 92.6 Å². The second-order valence-electron chi connectivity index (χ2n) is 9.87.